The van der Waals surface area contributed by atoms with Gasteiger partial charge in [0.1, 0.15) is 12.4 Å². The molecule has 0 unspecified atom stereocenters. The molecule has 0 spiro atoms. The Kier molecular flexibility index (Phi) is 6.04. The number of ether oxygens (including phenoxy) is 1. The van der Waals surface area contributed by atoms with E-state index in [1.807, 2.05) is 36.4 Å². The Morgan fingerprint density at radius 3 is 1.89 bits per heavy atom. The monoisotopic (exact) mass is 244 g/mol. The summed E-state index contributed by atoms with van der Waals surface area (Å²) >= 11 is 0. The molecular formula is C15H16O3. The van der Waals surface area contributed by atoms with Gasteiger partial charge in [-0.05, 0) is 17.7 Å². The van der Waals surface area contributed by atoms with Crippen LogP contribution >= 0.6 is 0 Å². The maximum Gasteiger partial charge on any atom is 0.302 e. The van der Waals surface area contributed by atoms with Crippen molar-refractivity contribution in [1.29, 1.82) is 0 Å². The first-order valence-corrected chi connectivity index (χ1v) is 5.60. The van der Waals surface area contributed by atoms with Crippen LogP contribution in [-0.2, 0) is 16.1 Å². The summed E-state index contributed by atoms with van der Waals surface area (Å²) in [6.07, 6.45) is 0. The lowest BCUT2D eigenvalue weighted by Gasteiger charge is -1.99. The molecule has 0 aliphatic rings. The van der Waals surface area contributed by atoms with E-state index in [0.29, 0.717) is 12.4 Å². The Morgan fingerprint density at radius 1 is 1.00 bits per heavy atom. The fourth-order valence-electron chi connectivity index (χ4n) is 1.19. The summed E-state index contributed by atoms with van der Waals surface area (Å²) in [5.41, 5.74) is 1.02. The molecule has 0 aliphatic heterocycles. The van der Waals surface area contributed by atoms with Gasteiger partial charge in [0.15, 0.2) is 0 Å². The number of carbonyl (C=O) groups excluding carboxylic acids is 1. The topological polar surface area (TPSA) is 46.5 Å². The van der Waals surface area contributed by atoms with Crippen LogP contribution in [0.4, 0.5) is 0 Å². The first-order valence-electron chi connectivity index (χ1n) is 5.60. The molecule has 1 N–H and O–H groups in total. The van der Waals surface area contributed by atoms with E-state index in [1.165, 1.54) is 6.92 Å². The zero-order valence-electron chi connectivity index (χ0n) is 10.2. The largest absolute Gasteiger partial charge is 0.508 e. The number of phenols is 1. The fourth-order valence-corrected chi connectivity index (χ4v) is 1.19. The minimum atomic E-state index is -0.242. The molecule has 3 nitrogen and oxygen atoms in total. The Bertz CT molecular complexity index is 452. The molecule has 0 atom stereocenters. The first kappa shape index (κ1) is 13.8. The van der Waals surface area contributed by atoms with Crippen LogP contribution in [0.1, 0.15) is 12.5 Å². The van der Waals surface area contributed by atoms with E-state index in [1.54, 1.807) is 24.3 Å². The lowest BCUT2D eigenvalue weighted by atomic mass is 10.2. The van der Waals surface area contributed by atoms with E-state index >= 15 is 0 Å². The predicted molar refractivity (Wildman–Crippen MR) is 70.0 cm³/mol. The summed E-state index contributed by atoms with van der Waals surface area (Å²) in [6.45, 7) is 1.78. The van der Waals surface area contributed by atoms with Gasteiger partial charge in [-0.2, -0.15) is 0 Å². The van der Waals surface area contributed by atoms with Crippen molar-refractivity contribution in [3.8, 4) is 5.75 Å². The molecule has 18 heavy (non-hydrogen) atoms. The van der Waals surface area contributed by atoms with Gasteiger partial charge in [-0.15, -0.1) is 0 Å². The molecular weight excluding hydrogens is 228 g/mol. The number of benzene rings is 2. The summed E-state index contributed by atoms with van der Waals surface area (Å²) < 4.78 is 4.79. The molecule has 0 aliphatic carbocycles. The summed E-state index contributed by atoms with van der Waals surface area (Å²) in [5.74, 6) is 0.0800. The molecule has 0 saturated heterocycles. The zero-order valence-corrected chi connectivity index (χ0v) is 10.2. The summed E-state index contributed by atoms with van der Waals surface area (Å²) in [6, 6.07) is 18.3. The molecule has 2 rings (SSSR count). The quantitative estimate of drug-likeness (QED) is 0.825. The van der Waals surface area contributed by atoms with E-state index < -0.39 is 0 Å². The SMILES string of the molecule is CC(=O)OCc1ccccc1.Oc1ccccc1. The number of para-hydroxylation sites is 1. The van der Waals surface area contributed by atoms with E-state index in [9.17, 15) is 4.79 Å². The van der Waals surface area contributed by atoms with Crippen molar-refractivity contribution in [2.24, 2.45) is 0 Å². The van der Waals surface area contributed by atoms with Crippen molar-refractivity contribution < 1.29 is 14.6 Å². The highest BCUT2D eigenvalue weighted by atomic mass is 16.5. The van der Waals surface area contributed by atoms with Gasteiger partial charge in [0.05, 0.1) is 0 Å². The second kappa shape index (κ2) is 7.90. The van der Waals surface area contributed by atoms with E-state index in [4.69, 9.17) is 9.84 Å². The second-order valence-electron chi connectivity index (χ2n) is 3.60. The Balaban J connectivity index is 0.000000199. The normalized spacial score (nSPS) is 8.94. The van der Waals surface area contributed by atoms with Gasteiger partial charge >= 0.3 is 5.97 Å². The zero-order chi connectivity index (χ0) is 13.2. The van der Waals surface area contributed by atoms with Gasteiger partial charge in [-0.3, -0.25) is 4.79 Å². The lowest BCUT2D eigenvalue weighted by molar-refractivity contribution is -0.142. The third-order valence-corrected chi connectivity index (χ3v) is 2.04. The van der Waals surface area contributed by atoms with E-state index in [2.05, 4.69) is 0 Å². The maximum absolute atomic E-state index is 10.4. The van der Waals surface area contributed by atoms with Crippen molar-refractivity contribution in [3.63, 3.8) is 0 Å². The molecule has 0 saturated carbocycles. The lowest BCUT2D eigenvalue weighted by Crippen LogP contribution is -1.97. The number of hydrogen-bond acceptors (Lipinski definition) is 3. The molecule has 0 bridgehead atoms. The Hall–Kier alpha value is -2.29. The van der Waals surface area contributed by atoms with Crippen LogP contribution in [0.3, 0.4) is 0 Å². The molecule has 0 heterocycles. The van der Waals surface area contributed by atoms with Crippen LogP contribution in [0.5, 0.6) is 5.75 Å². The van der Waals surface area contributed by atoms with Crippen LogP contribution < -0.4 is 0 Å². The highest BCUT2D eigenvalue weighted by Gasteiger charge is 1.93. The number of carbonyl (C=O) groups is 1. The Morgan fingerprint density at radius 2 is 1.50 bits per heavy atom. The highest BCUT2D eigenvalue weighted by Crippen LogP contribution is 2.02. The first-order chi connectivity index (χ1) is 8.68. The van der Waals surface area contributed by atoms with Crippen molar-refractivity contribution in [1.82, 2.24) is 0 Å². The predicted octanol–water partition coefficient (Wildman–Crippen LogP) is 3.14. The second-order valence-corrected chi connectivity index (χ2v) is 3.60. The van der Waals surface area contributed by atoms with Crippen molar-refractivity contribution in [2.75, 3.05) is 0 Å². The van der Waals surface area contributed by atoms with Gasteiger partial charge in [0, 0.05) is 6.92 Å². The highest BCUT2D eigenvalue weighted by molar-refractivity contribution is 5.65. The summed E-state index contributed by atoms with van der Waals surface area (Å²) in [7, 11) is 0. The average molecular weight is 244 g/mol. The number of phenolic OH excluding ortho intramolecular Hbond substituents is 1. The number of hydrogen-bond donors (Lipinski definition) is 1. The Labute approximate surface area is 107 Å². The maximum atomic E-state index is 10.4. The van der Waals surface area contributed by atoms with Crippen LogP contribution in [0.25, 0.3) is 0 Å². The van der Waals surface area contributed by atoms with E-state index in [0.717, 1.165) is 5.56 Å². The molecule has 3 heteroatoms. The molecule has 2 aromatic rings. The third-order valence-electron chi connectivity index (χ3n) is 2.04. The molecule has 0 aromatic heterocycles. The third kappa shape index (κ3) is 6.33. The summed E-state index contributed by atoms with van der Waals surface area (Å²) in [4.78, 5) is 10.4. The minimum absolute atomic E-state index is 0.242. The molecule has 94 valence electrons. The standard InChI is InChI=1S/C9H10O2.C6H6O/c1-8(10)11-7-9-5-3-2-4-6-9;7-6-4-2-1-3-5-6/h2-6H,7H2,1H3;1-5,7H. The minimum Gasteiger partial charge on any atom is -0.508 e. The molecule has 0 amide bonds. The van der Waals surface area contributed by atoms with Gasteiger partial charge in [-0.25, -0.2) is 0 Å². The molecule has 0 radical (unpaired) electrons. The van der Waals surface area contributed by atoms with Gasteiger partial charge < -0.3 is 9.84 Å². The van der Waals surface area contributed by atoms with Crippen molar-refractivity contribution in [3.05, 3.63) is 66.2 Å². The van der Waals surface area contributed by atoms with Crippen molar-refractivity contribution >= 4 is 5.97 Å². The average Bonchev–Trinajstić information content (AvgIpc) is 2.39. The number of esters is 1. The van der Waals surface area contributed by atoms with Crippen LogP contribution in [0.15, 0.2) is 60.7 Å². The van der Waals surface area contributed by atoms with E-state index in [-0.39, 0.29) is 5.97 Å². The van der Waals surface area contributed by atoms with Crippen LogP contribution in [0.2, 0.25) is 0 Å². The van der Waals surface area contributed by atoms with Crippen LogP contribution in [-0.4, -0.2) is 11.1 Å². The molecule has 2 aromatic carbocycles. The smallest absolute Gasteiger partial charge is 0.302 e. The number of rotatable bonds is 2. The van der Waals surface area contributed by atoms with Gasteiger partial charge in [0.2, 0.25) is 0 Å². The summed E-state index contributed by atoms with van der Waals surface area (Å²) in [5, 5.41) is 8.63. The fraction of sp³-hybridized carbons (Fsp3) is 0.133. The molecule has 0 fully saturated rings. The van der Waals surface area contributed by atoms with Gasteiger partial charge in [0.25, 0.3) is 0 Å². The van der Waals surface area contributed by atoms with Crippen molar-refractivity contribution in [2.45, 2.75) is 13.5 Å². The van der Waals surface area contributed by atoms with Gasteiger partial charge in [-0.1, -0.05) is 48.5 Å². The van der Waals surface area contributed by atoms with Crippen LogP contribution in [0, 0.1) is 0 Å². The number of aromatic hydroxyl groups is 1.